The molecule has 19 heavy (non-hydrogen) atoms. The second-order valence-electron chi connectivity index (χ2n) is 4.61. The van der Waals surface area contributed by atoms with Crippen LogP contribution >= 0.6 is 11.8 Å². The molecule has 0 spiro atoms. The number of nitrogens with zero attached hydrogens (tertiary/aromatic N) is 2. The standard InChI is InChI=1S/C12H18N2O4S/c1-12(2,3)18-10(15)7-19-11-13-8(16-4)6-9(14-11)17-5/h6H,7H2,1-5H3. The summed E-state index contributed by atoms with van der Waals surface area (Å²) in [6, 6.07) is 1.57. The van der Waals surface area contributed by atoms with E-state index in [-0.39, 0.29) is 11.7 Å². The lowest BCUT2D eigenvalue weighted by molar-refractivity contribution is -0.151. The second kappa shape index (κ2) is 6.60. The van der Waals surface area contributed by atoms with Crippen LogP contribution in [0.1, 0.15) is 20.8 Å². The van der Waals surface area contributed by atoms with Crippen molar-refractivity contribution in [1.82, 2.24) is 9.97 Å². The van der Waals surface area contributed by atoms with Gasteiger partial charge in [-0.1, -0.05) is 11.8 Å². The van der Waals surface area contributed by atoms with Crippen molar-refractivity contribution in [3.63, 3.8) is 0 Å². The Bertz CT molecular complexity index is 424. The molecular formula is C12H18N2O4S. The number of hydrogen-bond donors (Lipinski definition) is 0. The summed E-state index contributed by atoms with van der Waals surface area (Å²) in [6.07, 6.45) is 0. The zero-order chi connectivity index (χ0) is 14.5. The number of rotatable bonds is 5. The molecule has 1 heterocycles. The van der Waals surface area contributed by atoms with Gasteiger partial charge >= 0.3 is 5.97 Å². The fourth-order valence-corrected chi connectivity index (χ4v) is 1.77. The van der Waals surface area contributed by atoms with Gasteiger partial charge in [-0.05, 0) is 20.8 Å². The van der Waals surface area contributed by atoms with E-state index in [1.165, 1.54) is 26.0 Å². The Morgan fingerprint density at radius 2 is 1.74 bits per heavy atom. The first-order valence-corrected chi connectivity index (χ1v) is 6.64. The Labute approximate surface area is 116 Å². The maximum atomic E-state index is 11.6. The molecule has 0 saturated carbocycles. The monoisotopic (exact) mass is 286 g/mol. The first-order chi connectivity index (χ1) is 8.84. The lowest BCUT2D eigenvalue weighted by Gasteiger charge is -2.19. The van der Waals surface area contributed by atoms with Crippen molar-refractivity contribution in [3.05, 3.63) is 6.07 Å². The first-order valence-electron chi connectivity index (χ1n) is 5.66. The van der Waals surface area contributed by atoms with Crippen LogP contribution in [-0.2, 0) is 9.53 Å². The van der Waals surface area contributed by atoms with Crippen LogP contribution < -0.4 is 9.47 Å². The van der Waals surface area contributed by atoms with Crippen LogP contribution in [0.5, 0.6) is 11.8 Å². The molecule has 0 unspecified atom stereocenters. The average Bonchev–Trinajstić information content (AvgIpc) is 2.33. The zero-order valence-electron chi connectivity index (χ0n) is 11.7. The molecule has 6 nitrogen and oxygen atoms in total. The summed E-state index contributed by atoms with van der Waals surface area (Å²) in [6.45, 7) is 5.46. The van der Waals surface area contributed by atoms with Crippen molar-refractivity contribution in [2.24, 2.45) is 0 Å². The van der Waals surface area contributed by atoms with Crippen LogP contribution in [0.4, 0.5) is 0 Å². The molecular weight excluding hydrogens is 268 g/mol. The predicted octanol–water partition coefficient (Wildman–Crippen LogP) is 1.93. The molecule has 0 bridgehead atoms. The lowest BCUT2D eigenvalue weighted by atomic mass is 10.2. The van der Waals surface area contributed by atoms with Crippen LogP contribution in [0.2, 0.25) is 0 Å². The van der Waals surface area contributed by atoms with Gasteiger partial charge in [-0.3, -0.25) is 4.79 Å². The molecule has 1 rings (SSSR count). The highest BCUT2D eigenvalue weighted by atomic mass is 32.2. The molecule has 0 fully saturated rings. The number of carbonyl (C=O) groups excluding carboxylic acids is 1. The molecule has 1 aromatic rings. The van der Waals surface area contributed by atoms with E-state index in [4.69, 9.17) is 14.2 Å². The molecule has 0 N–H and O–H groups in total. The van der Waals surface area contributed by atoms with Crippen molar-refractivity contribution < 1.29 is 19.0 Å². The van der Waals surface area contributed by atoms with Crippen LogP contribution in [0.25, 0.3) is 0 Å². The van der Waals surface area contributed by atoms with Crippen LogP contribution in [0, 0.1) is 0 Å². The Morgan fingerprint density at radius 3 is 2.16 bits per heavy atom. The molecule has 106 valence electrons. The van der Waals surface area contributed by atoms with Crippen molar-refractivity contribution >= 4 is 17.7 Å². The van der Waals surface area contributed by atoms with Gasteiger partial charge in [-0.15, -0.1) is 0 Å². The molecule has 0 aliphatic carbocycles. The summed E-state index contributed by atoms with van der Waals surface area (Å²) in [5.41, 5.74) is -0.495. The van der Waals surface area contributed by atoms with Crippen LogP contribution in [0.3, 0.4) is 0 Å². The van der Waals surface area contributed by atoms with E-state index in [1.807, 2.05) is 20.8 Å². The van der Waals surface area contributed by atoms with E-state index in [0.29, 0.717) is 16.9 Å². The molecule has 0 amide bonds. The SMILES string of the molecule is COc1cc(OC)nc(SCC(=O)OC(C)(C)C)n1. The fourth-order valence-electron chi connectivity index (χ4n) is 1.15. The van der Waals surface area contributed by atoms with Gasteiger partial charge in [-0.2, -0.15) is 9.97 Å². The van der Waals surface area contributed by atoms with E-state index >= 15 is 0 Å². The summed E-state index contributed by atoms with van der Waals surface area (Å²) < 4.78 is 15.2. The number of ether oxygens (including phenoxy) is 3. The third-order valence-electron chi connectivity index (χ3n) is 1.82. The Kier molecular flexibility index (Phi) is 5.41. The van der Waals surface area contributed by atoms with Crippen molar-refractivity contribution in [2.45, 2.75) is 31.5 Å². The normalized spacial score (nSPS) is 11.0. The van der Waals surface area contributed by atoms with E-state index in [1.54, 1.807) is 6.07 Å². The maximum absolute atomic E-state index is 11.6. The predicted molar refractivity (Wildman–Crippen MR) is 71.7 cm³/mol. The number of hydrogen-bond acceptors (Lipinski definition) is 7. The Balaban J connectivity index is 2.64. The summed E-state index contributed by atoms with van der Waals surface area (Å²) in [4.78, 5) is 19.8. The third-order valence-corrected chi connectivity index (χ3v) is 2.64. The number of carbonyl (C=O) groups is 1. The molecule has 0 aromatic carbocycles. The minimum Gasteiger partial charge on any atom is -0.481 e. The third kappa shape index (κ3) is 5.78. The van der Waals surface area contributed by atoms with Gasteiger partial charge in [-0.25, -0.2) is 0 Å². The molecule has 0 radical (unpaired) electrons. The maximum Gasteiger partial charge on any atom is 0.316 e. The number of esters is 1. The van der Waals surface area contributed by atoms with Crippen molar-refractivity contribution in [3.8, 4) is 11.8 Å². The largest absolute Gasteiger partial charge is 0.481 e. The first kappa shape index (κ1) is 15.6. The van der Waals surface area contributed by atoms with Crippen LogP contribution in [-0.4, -0.2) is 41.5 Å². The smallest absolute Gasteiger partial charge is 0.316 e. The summed E-state index contributed by atoms with van der Waals surface area (Å²) >= 11 is 1.17. The van der Waals surface area contributed by atoms with Gasteiger partial charge in [0.05, 0.1) is 26.0 Å². The zero-order valence-corrected chi connectivity index (χ0v) is 12.5. The summed E-state index contributed by atoms with van der Waals surface area (Å²) in [5.74, 6) is 0.591. The average molecular weight is 286 g/mol. The van der Waals surface area contributed by atoms with Gasteiger partial charge in [0.25, 0.3) is 0 Å². The van der Waals surface area contributed by atoms with E-state index < -0.39 is 5.60 Å². The summed E-state index contributed by atoms with van der Waals surface area (Å²) in [5, 5.41) is 0.405. The number of methoxy groups -OCH3 is 2. The van der Waals surface area contributed by atoms with E-state index in [9.17, 15) is 4.79 Å². The number of aromatic nitrogens is 2. The summed E-state index contributed by atoms with van der Waals surface area (Å²) in [7, 11) is 3.01. The highest BCUT2D eigenvalue weighted by Gasteiger charge is 2.17. The minimum atomic E-state index is -0.495. The van der Waals surface area contributed by atoms with E-state index in [2.05, 4.69) is 9.97 Å². The Hall–Kier alpha value is -1.50. The second-order valence-corrected chi connectivity index (χ2v) is 5.55. The Morgan fingerprint density at radius 1 is 1.21 bits per heavy atom. The van der Waals surface area contributed by atoms with Crippen molar-refractivity contribution in [1.29, 1.82) is 0 Å². The highest BCUT2D eigenvalue weighted by Crippen LogP contribution is 2.22. The van der Waals surface area contributed by atoms with Gasteiger partial charge in [0, 0.05) is 0 Å². The van der Waals surface area contributed by atoms with E-state index in [0.717, 1.165) is 0 Å². The molecule has 7 heteroatoms. The molecule has 1 aromatic heterocycles. The molecule has 0 aliphatic rings. The van der Waals surface area contributed by atoms with Crippen molar-refractivity contribution in [2.75, 3.05) is 20.0 Å². The molecule has 0 aliphatic heterocycles. The van der Waals surface area contributed by atoms with Gasteiger partial charge in [0.1, 0.15) is 5.60 Å². The van der Waals surface area contributed by atoms with Gasteiger partial charge in [0.2, 0.25) is 11.8 Å². The molecule has 0 saturated heterocycles. The van der Waals surface area contributed by atoms with Crippen LogP contribution in [0.15, 0.2) is 11.2 Å². The fraction of sp³-hybridized carbons (Fsp3) is 0.583. The lowest BCUT2D eigenvalue weighted by Crippen LogP contribution is -2.25. The van der Waals surface area contributed by atoms with Gasteiger partial charge in [0.15, 0.2) is 5.16 Å². The minimum absolute atomic E-state index is 0.133. The number of thioether (sulfide) groups is 1. The quantitative estimate of drug-likeness (QED) is 0.465. The van der Waals surface area contributed by atoms with Gasteiger partial charge < -0.3 is 14.2 Å². The highest BCUT2D eigenvalue weighted by molar-refractivity contribution is 7.99. The molecule has 0 atom stereocenters. The topological polar surface area (TPSA) is 70.5 Å².